The van der Waals surface area contributed by atoms with Gasteiger partial charge >= 0.3 is 6.09 Å². The van der Waals surface area contributed by atoms with Crippen LogP contribution in [0.15, 0.2) is 72.8 Å². The van der Waals surface area contributed by atoms with Crippen molar-refractivity contribution in [3.8, 4) is 12.3 Å². The third kappa shape index (κ3) is 6.96. The van der Waals surface area contributed by atoms with Crippen molar-refractivity contribution >= 4 is 25.2 Å². The summed E-state index contributed by atoms with van der Waals surface area (Å²) in [6.45, 7) is 8.67. The highest BCUT2D eigenvalue weighted by Crippen LogP contribution is 2.32. The Morgan fingerprint density at radius 1 is 1.00 bits per heavy atom. The van der Waals surface area contributed by atoms with E-state index in [1.54, 1.807) is 4.90 Å². The minimum Gasteiger partial charge on any atom is -0.444 e. The van der Waals surface area contributed by atoms with Gasteiger partial charge in [-0.25, -0.2) is 4.79 Å². The van der Waals surface area contributed by atoms with E-state index in [1.807, 2.05) is 55.5 Å². The van der Waals surface area contributed by atoms with E-state index in [2.05, 4.69) is 49.8 Å². The Kier molecular flexibility index (Phi) is 8.92. The van der Waals surface area contributed by atoms with Crippen LogP contribution in [-0.2, 0) is 15.8 Å². The zero-order valence-electron chi connectivity index (χ0n) is 20.7. The molecule has 0 aliphatic heterocycles. The zero-order valence-corrected chi connectivity index (χ0v) is 21.7. The van der Waals surface area contributed by atoms with Gasteiger partial charge in [0.15, 0.2) is 8.32 Å². The van der Waals surface area contributed by atoms with Crippen LogP contribution in [0.25, 0.3) is 10.8 Å². The van der Waals surface area contributed by atoms with Gasteiger partial charge in [-0.1, -0.05) is 72.8 Å². The Hall–Kier alpha value is -3.07. The maximum absolute atomic E-state index is 13.6. The van der Waals surface area contributed by atoms with Gasteiger partial charge in [0.25, 0.3) is 0 Å². The molecule has 0 bridgehead atoms. The van der Waals surface area contributed by atoms with E-state index < -0.39 is 14.5 Å². The van der Waals surface area contributed by atoms with Crippen molar-refractivity contribution < 1.29 is 14.0 Å². The molecule has 3 aromatic rings. The first-order chi connectivity index (χ1) is 16.3. The van der Waals surface area contributed by atoms with Crippen LogP contribution in [-0.4, -0.2) is 25.5 Å². The molecule has 5 heteroatoms. The molecule has 0 N–H and O–H groups in total. The van der Waals surface area contributed by atoms with Crippen molar-refractivity contribution in [2.24, 2.45) is 0 Å². The van der Waals surface area contributed by atoms with Crippen LogP contribution in [0, 0.1) is 12.3 Å². The van der Waals surface area contributed by atoms with E-state index in [-0.39, 0.29) is 18.7 Å². The lowest BCUT2D eigenvalue weighted by atomic mass is 9.98. The van der Waals surface area contributed by atoms with Gasteiger partial charge in [0.2, 0.25) is 0 Å². The lowest BCUT2D eigenvalue weighted by molar-refractivity contribution is -0.0164. The minimum atomic E-state index is -1.98. The average molecular weight is 474 g/mol. The maximum Gasteiger partial charge on any atom is 0.412 e. The molecular weight excluding hydrogens is 438 g/mol. The molecular formula is C29H35NO3Si. The number of unbranched alkanes of at least 4 members (excludes halogenated alkanes) is 1. The minimum absolute atomic E-state index is 0.211. The molecule has 0 fully saturated rings. The Labute approximate surface area is 205 Å². The van der Waals surface area contributed by atoms with E-state index in [0.717, 1.165) is 28.3 Å². The number of fused-ring (bicyclic) bond motifs is 1. The topological polar surface area (TPSA) is 38.8 Å². The molecule has 0 saturated heterocycles. The molecule has 0 aliphatic carbocycles. The number of ether oxygens (including phenoxy) is 1. The summed E-state index contributed by atoms with van der Waals surface area (Å²) < 4.78 is 12.4. The molecule has 3 aromatic carbocycles. The molecule has 1 amide bonds. The number of hydrogen-bond acceptors (Lipinski definition) is 3. The number of carbonyl (C=O) groups excluding carboxylic acids is 1. The Morgan fingerprint density at radius 3 is 2.38 bits per heavy atom. The predicted molar refractivity (Wildman–Crippen MR) is 142 cm³/mol. The van der Waals surface area contributed by atoms with Crippen LogP contribution in [0.2, 0.25) is 19.6 Å². The van der Waals surface area contributed by atoms with Crippen LogP contribution in [0.1, 0.15) is 43.4 Å². The summed E-state index contributed by atoms with van der Waals surface area (Å²) in [5.41, 5.74) is 2.01. The number of benzene rings is 3. The predicted octanol–water partition coefficient (Wildman–Crippen LogP) is 7.52. The van der Waals surface area contributed by atoms with Gasteiger partial charge in [0.05, 0.1) is 6.04 Å². The number of carbonyl (C=O) groups is 1. The summed E-state index contributed by atoms with van der Waals surface area (Å²) in [5.74, 6) is 2.71. The third-order valence-corrected chi connectivity index (χ3v) is 6.66. The zero-order chi connectivity index (χ0) is 24.6. The lowest BCUT2D eigenvalue weighted by Crippen LogP contribution is -2.48. The first-order valence-corrected chi connectivity index (χ1v) is 15.3. The van der Waals surface area contributed by atoms with Gasteiger partial charge < -0.3 is 9.16 Å². The van der Waals surface area contributed by atoms with E-state index in [1.165, 1.54) is 0 Å². The number of terminal acetylenes is 1. The van der Waals surface area contributed by atoms with E-state index in [9.17, 15) is 4.79 Å². The van der Waals surface area contributed by atoms with Crippen molar-refractivity contribution in [1.29, 1.82) is 0 Å². The van der Waals surface area contributed by atoms with Crippen LogP contribution in [0.4, 0.5) is 4.79 Å². The summed E-state index contributed by atoms with van der Waals surface area (Å²) in [6, 6.07) is 23.9. The first-order valence-electron chi connectivity index (χ1n) is 11.9. The third-order valence-electron chi connectivity index (χ3n) is 5.68. The molecule has 2 atom stereocenters. The number of rotatable bonds is 10. The van der Waals surface area contributed by atoms with E-state index in [0.29, 0.717) is 12.8 Å². The Bertz CT molecular complexity index is 1110. The van der Waals surface area contributed by atoms with E-state index in [4.69, 9.17) is 15.6 Å². The van der Waals surface area contributed by atoms with Crippen molar-refractivity contribution in [2.75, 3.05) is 0 Å². The molecule has 0 saturated carbocycles. The number of hydrogen-bond donors (Lipinski definition) is 0. The molecule has 0 aromatic heterocycles. The molecule has 0 aliphatic rings. The number of amides is 1. The summed E-state index contributed by atoms with van der Waals surface area (Å²) >= 11 is 0. The molecule has 3 rings (SSSR count). The van der Waals surface area contributed by atoms with Crippen LogP contribution in [0.5, 0.6) is 0 Å². The highest BCUT2D eigenvalue weighted by atomic mass is 28.4. The molecule has 178 valence electrons. The maximum atomic E-state index is 13.6. The van der Waals surface area contributed by atoms with Crippen molar-refractivity contribution in [3.05, 3.63) is 83.9 Å². The fourth-order valence-electron chi connectivity index (χ4n) is 4.13. The lowest BCUT2D eigenvalue weighted by Gasteiger charge is -2.39. The molecule has 34 heavy (non-hydrogen) atoms. The molecule has 0 heterocycles. The highest BCUT2D eigenvalue weighted by molar-refractivity contribution is 6.69. The summed E-state index contributed by atoms with van der Waals surface area (Å²) in [7, 11) is -1.98. The standard InChI is InChI=1S/C29H35NO3Si/c1-6-7-9-21-28(33-34(3,4)5)30(29(31)32-22-24-15-10-8-11-16-24)23(2)26-20-14-18-25-17-12-13-19-27(25)26/h1,8,10-20,23,28H,7,9,21-22H2,2-5H3/t23-,28?/m0/s1. The monoisotopic (exact) mass is 473 g/mol. The van der Waals surface area contributed by atoms with Crippen LogP contribution in [0.3, 0.4) is 0 Å². The SMILES string of the molecule is C#CCCCC(O[Si](C)(C)C)N(C(=O)OCc1ccccc1)[C@@H](C)c1cccc2ccccc12. The second-order valence-corrected chi connectivity index (χ2v) is 13.9. The summed E-state index contributed by atoms with van der Waals surface area (Å²) in [5, 5.41) is 2.26. The van der Waals surface area contributed by atoms with Gasteiger partial charge in [-0.2, -0.15) is 0 Å². The first kappa shape index (κ1) is 25.5. The Morgan fingerprint density at radius 2 is 1.68 bits per heavy atom. The fraction of sp³-hybridized carbons (Fsp3) is 0.345. The molecule has 0 radical (unpaired) electrons. The van der Waals surface area contributed by atoms with Gasteiger partial charge in [-0.3, -0.25) is 4.90 Å². The van der Waals surface area contributed by atoms with Gasteiger partial charge in [-0.05, 0) is 61.3 Å². The van der Waals surface area contributed by atoms with Crippen LogP contribution < -0.4 is 0 Å². The van der Waals surface area contributed by atoms with Crippen molar-refractivity contribution in [1.82, 2.24) is 4.90 Å². The molecule has 4 nitrogen and oxygen atoms in total. The van der Waals surface area contributed by atoms with Gasteiger partial charge in [-0.15, -0.1) is 12.3 Å². The largest absolute Gasteiger partial charge is 0.444 e. The molecule has 0 spiro atoms. The second kappa shape index (κ2) is 11.9. The summed E-state index contributed by atoms with van der Waals surface area (Å²) in [6.07, 6.45) is 6.79. The normalized spacial score (nSPS) is 13.1. The van der Waals surface area contributed by atoms with Crippen LogP contribution >= 0.6 is 0 Å². The summed E-state index contributed by atoms with van der Waals surface area (Å²) in [4.78, 5) is 15.4. The van der Waals surface area contributed by atoms with Gasteiger partial charge in [0.1, 0.15) is 12.8 Å². The fourth-order valence-corrected chi connectivity index (χ4v) is 5.17. The number of nitrogens with zero attached hydrogens (tertiary/aromatic N) is 1. The average Bonchev–Trinajstić information content (AvgIpc) is 2.82. The van der Waals surface area contributed by atoms with E-state index >= 15 is 0 Å². The van der Waals surface area contributed by atoms with Crippen molar-refractivity contribution in [2.45, 2.75) is 64.7 Å². The van der Waals surface area contributed by atoms with Crippen molar-refractivity contribution in [3.63, 3.8) is 0 Å². The molecule has 1 unspecified atom stereocenters. The highest BCUT2D eigenvalue weighted by Gasteiger charge is 2.34. The second-order valence-electron chi connectivity index (χ2n) is 9.47. The van der Waals surface area contributed by atoms with Gasteiger partial charge in [0, 0.05) is 6.42 Å². The Balaban J connectivity index is 1.97. The smallest absolute Gasteiger partial charge is 0.412 e. The quantitative estimate of drug-likeness (QED) is 0.132.